The van der Waals surface area contributed by atoms with Gasteiger partial charge in [0.05, 0.1) is 17.2 Å². The molecule has 21 heavy (non-hydrogen) atoms. The molecule has 5 nitrogen and oxygen atoms in total. The number of rotatable bonds is 3. The van der Waals surface area contributed by atoms with Crippen LogP contribution in [0.15, 0.2) is 16.8 Å². The lowest BCUT2D eigenvalue weighted by Crippen LogP contribution is -2.35. The number of thiazole rings is 1. The van der Waals surface area contributed by atoms with Crippen LogP contribution in [0.4, 0.5) is 0 Å². The van der Waals surface area contributed by atoms with Crippen LogP contribution in [0.5, 0.6) is 0 Å². The molecule has 1 atom stereocenters. The van der Waals surface area contributed by atoms with Crippen molar-refractivity contribution in [2.24, 2.45) is 0 Å². The van der Waals surface area contributed by atoms with E-state index in [2.05, 4.69) is 10.3 Å². The molecular weight excluding hydrogens is 328 g/mol. The Morgan fingerprint density at radius 2 is 2.29 bits per heavy atom. The molecular formula is C13H14N2O3S3. The quantitative estimate of drug-likeness (QED) is 0.927. The zero-order valence-electron chi connectivity index (χ0n) is 11.3. The van der Waals surface area contributed by atoms with Crippen LogP contribution < -0.4 is 5.32 Å². The second-order valence-electron chi connectivity index (χ2n) is 5.02. The number of amides is 1. The first-order valence-electron chi connectivity index (χ1n) is 6.46. The van der Waals surface area contributed by atoms with Gasteiger partial charge in [0.15, 0.2) is 9.84 Å². The van der Waals surface area contributed by atoms with Crippen LogP contribution >= 0.6 is 22.7 Å². The van der Waals surface area contributed by atoms with E-state index in [0.29, 0.717) is 17.0 Å². The Bertz CT molecular complexity index is 763. The molecule has 8 heteroatoms. The van der Waals surface area contributed by atoms with Gasteiger partial charge in [-0.3, -0.25) is 4.79 Å². The Labute approximate surface area is 131 Å². The second kappa shape index (κ2) is 5.51. The van der Waals surface area contributed by atoms with Crippen molar-refractivity contribution >= 4 is 38.4 Å². The number of hydrogen-bond acceptors (Lipinski definition) is 6. The molecule has 0 aromatic carbocycles. The fourth-order valence-electron chi connectivity index (χ4n) is 2.28. The van der Waals surface area contributed by atoms with Gasteiger partial charge in [0.25, 0.3) is 5.91 Å². The Kier molecular flexibility index (Phi) is 3.85. The molecule has 0 unspecified atom stereocenters. The molecule has 2 aromatic heterocycles. The highest BCUT2D eigenvalue weighted by molar-refractivity contribution is 7.91. The third-order valence-electron chi connectivity index (χ3n) is 3.34. The third kappa shape index (κ3) is 3.17. The summed E-state index contributed by atoms with van der Waals surface area (Å²) < 4.78 is 22.9. The molecule has 3 heterocycles. The lowest BCUT2D eigenvalue weighted by Gasteiger charge is -2.09. The first-order chi connectivity index (χ1) is 9.94. The van der Waals surface area contributed by atoms with Gasteiger partial charge >= 0.3 is 0 Å². The first kappa shape index (κ1) is 14.7. The van der Waals surface area contributed by atoms with Crippen molar-refractivity contribution in [3.63, 3.8) is 0 Å². The van der Waals surface area contributed by atoms with Crippen molar-refractivity contribution in [1.82, 2.24) is 10.3 Å². The minimum Gasteiger partial charge on any atom is -0.347 e. The lowest BCUT2D eigenvalue weighted by atomic mass is 10.2. The van der Waals surface area contributed by atoms with Gasteiger partial charge < -0.3 is 5.32 Å². The van der Waals surface area contributed by atoms with E-state index in [1.807, 2.05) is 16.8 Å². The molecule has 112 valence electrons. The van der Waals surface area contributed by atoms with Crippen molar-refractivity contribution < 1.29 is 13.2 Å². The normalized spacial score (nSPS) is 20.5. The largest absolute Gasteiger partial charge is 0.347 e. The maximum atomic E-state index is 12.3. The number of carbonyl (C=O) groups excluding carboxylic acids is 1. The minimum absolute atomic E-state index is 0.0357. The van der Waals surface area contributed by atoms with E-state index in [9.17, 15) is 13.2 Å². The highest BCUT2D eigenvalue weighted by Gasteiger charge is 2.30. The SMILES string of the molecule is Cc1nc(-c2ccsc2)sc1C(=O)N[C@H]1CCS(=O)(=O)C1. The smallest absolute Gasteiger partial charge is 0.263 e. The van der Waals surface area contributed by atoms with E-state index in [1.165, 1.54) is 11.3 Å². The summed E-state index contributed by atoms with van der Waals surface area (Å²) in [6.07, 6.45) is 0.489. The van der Waals surface area contributed by atoms with E-state index < -0.39 is 9.84 Å². The zero-order chi connectivity index (χ0) is 15.0. The summed E-state index contributed by atoms with van der Waals surface area (Å²) in [4.78, 5) is 17.3. The highest BCUT2D eigenvalue weighted by atomic mass is 32.2. The predicted octanol–water partition coefficient (Wildman–Crippen LogP) is 2.10. The summed E-state index contributed by atoms with van der Waals surface area (Å²) in [5.74, 6) is -0.0399. The van der Waals surface area contributed by atoms with Gasteiger partial charge in [0, 0.05) is 17.0 Å². The molecule has 1 aliphatic heterocycles. The Hall–Kier alpha value is -1.25. The zero-order valence-corrected chi connectivity index (χ0v) is 13.8. The van der Waals surface area contributed by atoms with Crippen LogP contribution in [0, 0.1) is 6.92 Å². The molecule has 0 aliphatic carbocycles. The van der Waals surface area contributed by atoms with Crippen LogP contribution in [0.1, 0.15) is 21.8 Å². The van der Waals surface area contributed by atoms with Crippen LogP contribution in [-0.2, 0) is 9.84 Å². The highest BCUT2D eigenvalue weighted by Crippen LogP contribution is 2.29. The average Bonchev–Trinajstić information content (AvgIpc) is 3.09. The van der Waals surface area contributed by atoms with Crippen LogP contribution in [-0.4, -0.2) is 36.9 Å². The van der Waals surface area contributed by atoms with Crippen LogP contribution in [0.25, 0.3) is 10.6 Å². The summed E-state index contributed by atoms with van der Waals surface area (Å²) in [6, 6.07) is 1.68. The predicted molar refractivity (Wildman–Crippen MR) is 84.7 cm³/mol. The molecule has 0 saturated carbocycles. The number of nitrogens with one attached hydrogen (secondary N) is 1. The van der Waals surface area contributed by atoms with E-state index in [1.54, 1.807) is 18.3 Å². The summed E-state index contributed by atoms with van der Waals surface area (Å²) in [7, 11) is -2.99. The van der Waals surface area contributed by atoms with Gasteiger partial charge in [-0.15, -0.1) is 11.3 Å². The van der Waals surface area contributed by atoms with E-state index in [-0.39, 0.29) is 23.5 Å². The second-order valence-corrected chi connectivity index (χ2v) is 9.03. The number of hydrogen-bond donors (Lipinski definition) is 1. The molecule has 2 aromatic rings. The fourth-order valence-corrected chi connectivity index (χ4v) is 5.63. The summed E-state index contributed by atoms with van der Waals surface area (Å²) in [5, 5.41) is 7.58. The summed E-state index contributed by atoms with van der Waals surface area (Å²) >= 11 is 2.93. The maximum Gasteiger partial charge on any atom is 0.263 e. The van der Waals surface area contributed by atoms with Gasteiger partial charge in [-0.05, 0) is 24.8 Å². The molecule has 0 spiro atoms. The van der Waals surface area contributed by atoms with Gasteiger partial charge in [-0.25, -0.2) is 13.4 Å². The van der Waals surface area contributed by atoms with Gasteiger partial charge in [-0.1, -0.05) is 0 Å². The standard InChI is InChI=1S/C13H14N2O3S3/c1-8-11(20-13(14-8)9-2-4-19-6-9)12(16)15-10-3-5-21(17,18)7-10/h2,4,6,10H,3,5,7H2,1H3,(H,15,16)/t10-/m0/s1. The number of sulfone groups is 1. The first-order valence-corrected chi connectivity index (χ1v) is 10.0. The van der Waals surface area contributed by atoms with Crippen LogP contribution in [0.2, 0.25) is 0 Å². The Morgan fingerprint density at radius 3 is 2.90 bits per heavy atom. The maximum absolute atomic E-state index is 12.3. The topological polar surface area (TPSA) is 76.1 Å². The van der Waals surface area contributed by atoms with E-state index in [4.69, 9.17) is 0 Å². The molecule has 1 amide bonds. The number of aromatic nitrogens is 1. The molecule has 1 N–H and O–H groups in total. The molecule has 0 radical (unpaired) electrons. The van der Waals surface area contributed by atoms with Crippen molar-refractivity contribution in [3.8, 4) is 10.6 Å². The average molecular weight is 342 g/mol. The Balaban J connectivity index is 1.76. The van der Waals surface area contributed by atoms with Crippen molar-refractivity contribution in [2.45, 2.75) is 19.4 Å². The molecule has 3 rings (SSSR count). The fraction of sp³-hybridized carbons (Fsp3) is 0.385. The van der Waals surface area contributed by atoms with Crippen molar-refractivity contribution in [3.05, 3.63) is 27.4 Å². The summed E-state index contributed by atoms with van der Waals surface area (Å²) in [6.45, 7) is 1.80. The third-order valence-corrected chi connectivity index (χ3v) is 7.00. The Morgan fingerprint density at radius 1 is 1.48 bits per heavy atom. The molecule has 1 fully saturated rings. The van der Waals surface area contributed by atoms with Gasteiger partial charge in [0.1, 0.15) is 9.88 Å². The monoisotopic (exact) mass is 342 g/mol. The molecule has 1 aliphatic rings. The number of aryl methyl sites for hydroxylation is 1. The van der Waals surface area contributed by atoms with E-state index >= 15 is 0 Å². The van der Waals surface area contributed by atoms with Crippen LogP contribution in [0.3, 0.4) is 0 Å². The lowest BCUT2D eigenvalue weighted by molar-refractivity contribution is 0.0944. The number of carbonyl (C=O) groups is 1. The van der Waals surface area contributed by atoms with Crippen molar-refractivity contribution in [1.29, 1.82) is 0 Å². The number of nitrogens with zero attached hydrogens (tertiary/aromatic N) is 1. The van der Waals surface area contributed by atoms with Gasteiger partial charge in [-0.2, -0.15) is 11.3 Å². The van der Waals surface area contributed by atoms with Crippen molar-refractivity contribution in [2.75, 3.05) is 11.5 Å². The molecule has 1 saturated heterocycles. The van der Waals surface area contributed by atoms with E-state index in [0.717, 1.165) is 10.6 Å². The van der Waals surface area contributed by atoms with Gasteiger partial charge in [0.2, 0.25) is 0 Å². The molecule has 0 bridgehead atoms. The minimum atomic E-state index is -2.99. The summed E-state index contributed by atoms with van der Waals surface area (Å²) in [5.41, 5.74) is 1.69. The number of thiophene rings is 1.